The molecule has 0 aliphatic heterocycles. The van der Waals surface area contributed by atoms with Crippen molar-refractivity contribution in [1.82, 2.24) is 0 Å². The zero-order valence-corrected chi connectivity index (χ0v) is 10.6. The smallest absolute Gasteiger partial charge is 0.101 e. The van der Waals surface area contributed by atoms with E-state index >= 15 is 0 Å². The maximum Gasteiger partial charge on any atom is 0.101 e. The zero-order valence-electron chi connectivity index (χ0n) is 9.81. The maximum absolute atomic E-state index is 9.05. The fraction of sp³-hybridized carbons (Fsp3) is 0. The highest BCUT2D eigenvalue weighted by atomic mass is 35.5. The summed E-state index contributed by atoms with van der Waals surface area (Å²) >= 11 is 6.17. The Balaban J connectivity index is 2.47. The van der Waals surface area contributed by atoms with Crippen molar-refractivity contribution in [3.63, 3.8) is 0 Å². The van der Waals surface area contributed by atoms with E-state index < -0.39 is 0 Å². The van der Waals surface area contributed by atoms with Gasteiger partial charge in [0.2, 0.25) is 0 Å². The second-order valence-electron chi connectivity index (χ2n) is 4.28. The zero-order chi connectivity index (χ0) is 13.4. The van der Waals surface area contributed by atoms with Crippen LogP contribution >= 0.6 is 11.6 Å². The van der Waals surface area contributed by atoms with Crippen LogP contribution in [0.2, 0.25) is 5.02 Å². The minimum atomic E-state index is 0.390. The monoisotopic (exact) mass is 262 g/mol. The van der Waals surface area contributed by atoms with E-state index in [1.165, 1.54) is 0 Å². The second kappa shape index (κ2) is 4.28. The molecule has 19 heavy (non-hydrogen) atoms. The van der Waals surface area contributed by atoms with Gasteiger partial charge in [-0.15, -0.1) is 0 Å². The molecule has 0 bridgehead atoms. The molecule has 3 rings (SSSR count). The summed E-state index contributed by atoms with van der Waals surface area (Å²) in [5, 5.41) is 22.6. The van der Waals surface area contributed by atoms with Gasteiger partial charge in [-0.05, 0) is 46.5 Å². The molecule has 0 N–H and O–H groups in total. The quantitative estimate of drug-likeness (QED) is 0.564. The molecule has 0 unspecified atom stereocenters. The molecule has 0 aromatic heterocycles. The molecule has 0 aliphatic rings. The van der Waals surface area contributed by atoms with Crippen LogP contribution in [0.3, 0.4) is 0 Å². The predicted molar refractivity (Wildman–Crippen MR) is 75.9 cm³/mol. The van der Waals surface area contributed by atoms with Crippen LogP contribution in [-0.4, -0.2) is 0 Å². The third-order valence-corrected chi connectivity index (χ3v) is 3.49. The lowest BCUT2D eigenvalue weighted by Gasteiger charge is -2.05. The van der Waals surface area contributed by atoms with Gasteiger partial charge in [-0.25, -0.2) is 0 Å². The second-order valence-corrected chi connectivity index (χ2v) is 4.69. The Morgan fingerprint density at radius 1 is 0.789 bits per heavy atom. The first-order valence-corrected chi connectivity index (χ1v) is 6.07. The molecule has 88 valence electrons. The van der Waals surface area contributed by atoms with Crippen molar-refractivity contribution >= 4 is 33.1 Å². The molecule has 0 atom stereocenters. The average Bonchev–Trinajstić information content (AvgIpc) is 2.44. The van der Waals surface area contributed by atoms with Crippen molar-refractivity contribution < 1.29 is 0 Å². The molecule has 0 spiro atoms. The van der Waals surface area contributed by atoms with Gasteiger partial charge < -0.3 is 0 Å². The molecule has 3 aromatic carbocycles. The Hall–Kier alpha value is -2.55. The SMILES string of the molecule is N#Cc1cc2cc3cccc(Cl)c3cc2cc1C#N. The van der Waals surface area contributed by atoms with Crippen LogP contribution in [0.15, 0.2) is 42.5 Å². The fourth-order valence-corrected chi connectivity index (χ4v) is 2.46. The number of fused-ring (bicyclic) bond motifs is 2. The lowest BCUT2D eigenvalue weighted by molar-refractivity contribution is 1.45. The van der Waals surface area contributed by atoms with Gasteiger partial charge in [0, 0.05) is 10.4 Å². The van der Waals surface area contributed by atoms with Crippen LogP contribution in [0.25, 0.3) is 21.5 Å². The number of nitrogens with zero attached hydrogens (tertiary/aromatic N) is 2. The van der Waals surface area contributed by atoms with Gasteiger partial charge in [0.1, 0.15) is 12.1 Å². The molecule has 0 radical (unpaired) electrons. The summed E-state index contributed by atoms with van der Waals surface area (Å²) in [5.41, 5.74) is 0.790. The van der Waals surface area contributed by atoms with E-state index in [4.69, 9.17) is 22.1 Å². The van der Waals surface area contributed by atoms with Crippen molar-refractivity contribution in [2.45, 2.75) is 0 Å². The van der Waals surface area contributed by atoms with E-state index in [0.29, 0.717) is 16.1 Å². The lowest BCUT2D eigenvalue weighted by Crippen LogP contribution is -1.85. The molecule has 3 heteroatoms. The summed E-state index contributed by atoms with van der Waals surface area (Å²) < 4.78 is 0. The summed E-state index contributed by atoms with van der Waals surface area (Å²) in [6.07, 6.45) is 0. The third kappa shape index (κ3) is 1.80. The highest BCUT2D eigenvalue weighted by Gasteiger charge is 2.06. The van der Waals surface area contributed by atoms with Crippen LogP contribution < -0.4 is 0 Å². The number of hydrogen-bond donors (Lipinski definition) is 0. The number of rotatable bonds is 0. The molecule has 0 aliphatic carbocycles. The number of nitriles is 2. The summed E-state index contributed by atoms with van der Waals surface area (Å²) in [4.78, 5) is 0. The summed E-state index contributed by atoms with van der Waals surface area (Å²) in [6.45, 7) is 0. The van der Waals surface area contributed by atoms with Crippen molar-refractivity contribution in [2.75, 3.05) is 0 Å². The van der Waals surface area contributed by atoms with Crippen LogP contribution in [0.5, 0.6) is 0 Å². The minimum Gasteiger partial charge on any atom is -0.192 e. The van der Waals surface area contributed by atoms with Crippen LogP contribution in [-0.2, 0) is 0 Å². The molecule has 0 saturated carbocycles. The lowest BCUT2D eigenvalue weighted by atomic mass is 9.99. The Bertz CT molecular complexity index is 898. The van der Waals surface area contributed by atoms with E-state index in [2.05, 4.69) is 0 Å². The van der Waals surface area contributed by atoms with E-state index in [-0.39, 0.29) is 0 Å². The van der Waals surface area contributed by atoms with Gasteiger partial charge in [0.05, 0.1) is 11.1 Å². The third-order valence-electron chi connectivity index (χ3n) is 3.16. The topological polar surface area (TPSA) is 47.6 Å². The van der Waals surface area contributed by atoms with Crippen molar-refractivity contribution in [3.05, 3.63) is 58.6 Å². The summed E-state index contributed by atoms with van der Waals surface area (Å²) in [6, 6.07) is 17.2. The number of benzene rings is 3. The van der Waals surface area contributed by atoms with E-state index in [0.717, 1.165) is 21.5 Å². The number of halogens is 1. The Kier molecular flexibility index (Phi) is 2.60. The van der Waals surface area contributed by atoms with E-state index in [9.17, 15) is 0 Å². The normalized spacial score (nSPS) is 10.3. The standard InChI is InChI=1S/C16H7ClN2/c17-16-3-1-2-10-4-11-5-13(8-18)14(9-19)6-12(11)7-15(10)16/h1-7H. The molecule has 0 amide bonds. The van der Waals surface area contributed by atoms with E-state index in [1.54, 1.807) is 12.1 Å². The van der Waals surface area contributed by atoms with Crippen LogP contribution in [0, 0.1) is 22.7 Å². The Morgan fingerprint density at radius 2 is 1.42 bits per heavy atom. The van der Waals surface area contributed by atoms with Crippen LogP contribution in [0.1, 0.15) is 11.1 Å². The highest BCUT2D eigenvalue weighted by Crippen LogP contribution is 2.29. The van der Waals surface area contributed by atoms with Gasteiger partial charge in [0.25, 0.3) is 0 Å². The van der Waals surface area contributed by atoms with Gasteiger partial charge in [-0.1, -0.05) is 23.7 Å². The van der Waals surface area contributed by atoms with Gasteiger partial charge in [-0.3, -0.25) is 0 Å². The molecule has 2 nitrogen and oxygen atoms in total. The Morgan fingerprint density at radius 3 is 2.05 bits per heavy atom. The van der Waals surface area contributed by atoms with Gasteiger partial charge in [0.15, 0.2) is 0 Å². The van der Waals surface area contributed by atoms with Crippen molar-refractivity contribution in [3.8, 4) is 12.1 Å². The number of hydrogen-bond acceptors (Lipinski definition) is 2. The van der Waals surface area contributed by atoms with Crippen molar-refractivity contribution in [2.24, 2.45) is 0 Å². The van der Waals surface area contributed by atoms with Crippen molar-refractivity contribution in [1.29, 1.82) is 10.5 Å². The highest BCUT2D eigenvalue weighted by molar-refractivity contribution is 6.35. The first kappa shape index (κ1) is 11.5. The fourth-order valence-electron chi connectivity index (χ4n) is 2.22. The first-order valence-electron chi connectivity index (χ1n) is 5.69. The molecular formula is C16H7ClN2. The van der Waals surface area contributed by atoms with E-state index in [1.807, 2.05) is 42.5 Å². The molecular weight excluding hydrogens is 256 g/mol. The Labute approximate surface area is 115 Å². The molecule has 3 aromatic rings. The van der Waals surface area contributed by atoms with Gasteiger partial charge in [-0.2, -0.15) is 10.5 Å². The summed E-state index contributed by atoms with van der Waals surface area (Å²) in [7, 11) is 0. The van der Waals surface area contributed by atoms with Crippen LogP contribution in [0.4, 0.5) is 0 Å². The minimum absolute atomic E-state index is 0.390. The van der Waals surface area contributed by atoms with Gasteiger partial charge >= 0.3 is 0 Å². The molecule has 0 heterocycles. The largest absolute Gasteiger partial charge is 0.192 e. The molecule has 0 saturated heterocycles. The average molecular weight is 263 g/mol. The first-order chi connectivity index (χ1) is 9.22. The summed E-state index contributed by atoms with van der Waals surface area (Å²) in [5.74, 6) is 0. The predicted octanol–water partition coefficient (Wildman–Crippen LogP) is 4.39. The molecule has 0 fully saturated rings. The maximum atomic E-state index is 9.05.